The van der Waals surface area contributed by atoms with Gasteiger partial charge < -0.3 is 21.1 Å². The average Bonchev–Trinajstić information content (AvgIpc) is 2.38. The van der Waals surface area contributed by atoms with Crippen molar-refractivity contribution in [1.29, 1.82) is 0 Å². The number of rotatable bonds is 7. The molecule has 2 amide bonds. The third kappa shape index (κ3) is 8.16. The van der Waals surface area contributed by atoms with Crippen LogP contribution in [-0.2, 0) is 9.59 Å². The number of anilines is 1. The fourth-order valence-corrected chi connectivity index (χ4v) is 1.55. The summed E-state index contributed by atoms with van der Waals surface area (Å²) in [5, 5.41) is 5.19. The third-order valence-electron chi connectivity index (χ3n) is 2.40. The van der Waals surface area contributed by atoms with Crippen molar-refractivity contribution in [2.45, 2.75) is 26.3 Å². The maximum absolute atomic E-state index is 11.6. The van der Waals surface area contributed by atoms with Crippen LogP contribution in [0.1, 0.15) is 20.3 Å². The molecule has 0 aliphatic rings. The Balaban J connectivity index is 0.00000400. The maximum Gasteiger partial charge on any atom is 0.243 e. The lowest BCUT2D eigenvalue weighted by Crippen LogP contribution is -2.35. The Bertz CT molecular complexity index is 449. The fourth-order valence-electron chi connectivity index (χ4n) is 1.55. The number of nitrogens with one attached hydrogen (secondary N) is 2. The van der Waals surface area contributed by atoms with Crippen LogP contribution in [-0.4, -0.2) is 31.0 Å². The van der Waals surface area contributed by atoms with E-state index in [4.69, 9.17) is 10.5 Å². The number of hydrogen-bond donors (Lipinski definition) is 3. The van der Waals surface area contributed by atoms with Crippen molar-refractivity contribution in [3.8, 4) is 5.75 Å². The fraction of sp³-hybridized carbons (Fsp3) is 0.429. The lowest BCUT2D eigenvalue weighted by molar-refractivity contribution is -0.124. The van der Waals surface area contributed by atoms with Gasteiger partial charge in [-0.25, -0.2) is 0 Å². The standard InChI is InChI=1S/C14H21N3O3.ClH/c1-3-20-12-6-4-11(5-7-12)17-14(19)9-16-13(18)8-10(2)15;/h4-7,10H,3,8-9,15H2,1-2H3,(H,16,18)(H,17,19);1H. The molecule has 0 radical (unpaired) electrons. The monoisotopic (exact) mass is 315 g/mol. The summed E-state index contributed by atoms with van der Waals surface area (Å²) < 4.78 is 5.30. The second kappa shape index (κ2) is 10.0. The average molecular weight is 316 g/mol. The smallest absolute Gasteiger partial charge is 0.243 e. The molecule has 0 aliphatic carbocycles. The van der Waals surface area contributed by atoms with E-state index in [-0.39, 0.29) is 43.2 Å². The first-order chi connectivity index (χ1) is 9.51. The molecular formula is C14H22ClN3O3. The van der Waals surface area contributed by atoms with E-state index in [1.54, 1.807) is 31.2 Å². The van der Waals surface area contributed by atoms with Gasteiger partial charge in [-0.15, -0.1) is 12.4 Å². The molecular weight excluding hydrogens is 294 g/mol. The van der Waals surface area contributed by atoms with Gasteiger partial charge in [0.2, 0.25) is 11.8 Å². The van der Waals surface area contributed by atoms with Crippen LogP contribution in [0.3, 0.4) is 0 Å². The SMILES string of the molecule is CCOc1ccc(NC(=O)CNC(=O)CC(C)N)cc1.Cl. The highest BCUT2D eigenvalue weighted by Gasteiger charge is 2.07. The molecule has 0 aromatic heterocycles. The molecule has 4 N–H and O–H groups in total. The minimum atomic E-state index is -0.285. The topological polar surface area (TPSA) is 93.5 Å². The number of benzene rings is 1. The molecule has 0 saturated carbocycles. The highest BCUT2D eigenvalue weighted by atomic mass is 35.5. The van der Waals surface area contributed by atoms with E-state index in [1.165, 1.54) is 0 Å². The van der Waals surface area contributed by atoms with Crippen LogP contribution in [0.25, 0.3) is 0 Å². The van der Waals surface area contributed by atoms with Crippen molar-refractivity contribution in [2.24, 2.45) is 5.73 Å². The summed E-state index contributed by atoms with van der Waals surface area (Å²) in [5.74, 6) is 0.227. The maximum atomic E-state index is 11.6. The Morgan fingerprint density at radius 2 is 1.86 bits per heavy atom. The Labute approximate surface area is 130 Å². The van der Waals surface area contributed by atoms with Gasteiger partial charge in [0.15, 0.2) is 0 Å². The molecule has 0 saturated heterocycles. The summed E-state index contributed by atoms with van der Waals surface area (Å²) in [4.78, 5) is 23.0. The quantitative estimate of drug-likeness (QED) is 0.707. The highest BCUT2D eigenvalue weighted by Crippen LogP contribution is 2.15. The van der Waals surface area contributed by atoms with Crippen molar-refractivity contribution >= 4 is 29.9 Å². The number of ether oxygens (including phenoxy) is 1. The minimum Gasteiger partial charge on any atom is -0.494 e. The summed E-state index contributed by atoms with van der Waals surface area (Å²) in [6, 6.07) is 6.81. The molecule has 1 atom stereocenters. The van der Waals surface area contributed by atoms with Gasteiger partial charge in [0, 0.05) is 18.2 Å². The van der Waals surface area contributed by atoms with Crippen LogP contribution in [0.4, 0.5) is 5.69 Å². The first-order valence-electron chi connectivity index (χ1n) is 6.56. The first-order valence-corrected chi connectivity index (χ1v) is 6.56. The van der Waals surface area contributed by atoms with Crippen molar-refractivity contribution in [3.63, 3.8) is 0 Å². The van der Waals surface area contributed by atoms with E-state index in [0.29, 0.717) is 12.3 Å². The molecule has 0 heterocycles. The normalized spacial score (nSPS) is 11.0. The Morgan fingerprint density at radius 3 is 2.38 bits per heavy atom. The number of halogens is 1. The molecule has 0 fully saturated rings. The van der Waals surface area contributed by atoms with Crippen LogP contribution in [0.2, 0.25) is 0 Å². The predicted molar refractivity (Wildman–Crippen MR) is 84.8 cm³/mol. The minimum absolute atomic E-state index is 0. The van der Waals surface area contributed by atoms with Crippen LogP contribution in [0.15, 0.2) is 24.3 Å². The molecule has 0 aliphatic heterocycles. The van der Waals surface area contributed by atoms with E-state index >= 15 is 0 Å². The molecule has 0 spiro atoms. The second-order valence-corrected chi connectivity index (χ2v) is 4.46. The second-order valence-electron chi connectivity index (χ2n) is 4.46. The van der Waals surface area contributed by atoms with Crippen molar-refractivity contribution in [2.75, 3.05) is 18.5 Å². The van der Waals surface area contributed by atoms with Gasteiger partial charge in [0.1, 0.15) is 5.75 Å². The van der Waals surface area contributed by atoms with E-state index in [2.05, 4.69) is 10.6 Å². The summed E-state index contributed by atoms with van der Waals surface area (Å²) in [5.41, 5.74) is 6.14. The van der Waals surface area contributed by atoms with Gasteiger partial charge in [-0.1, -0.05) is 0 Å². The molecule has 1 aromatic carbocycles. The molecule has 0 bridgehead atoms. The van der Waals surface area contributed by atoms with Crippen LogP contribution in [0.5, 0.6) is 5.75 Å². The lowest BCUT2D eigenvalue weighted by Gasteiger charge is -2.09. The summed E-state index contributed by atoms with van der Waals surface area (Å²) >= 11 is 0. The van der Waals surface area contributed by atoms with Gasteiger partial charge in [0.05, 0.1) is 13.2 Å². The Kier molecular flexibility index (Phi) is 9.16. The van der Waals surface area contributed by atoms with Gasteiger partial charge in [-0.05, 0) is 38.1 Å². The van der Waals surface area contributed by atoms with Crippen molar-refractivity contribution in [1.82, 2.24) is 5.32 Å². The zero-order valence-corrected chi connectivity index (χ0v) is 13.0. The molecule has 21 heavy (non-hydrogen) atoms. The van der Waals surface area contributed by atoms with Crippen LogP contribution in [0, 0.1) is 0 Å². The number of carbonyl (C=O) groups is 2. The van der Waals surface area contributed by atoms with E-state index in [0.717, 1.165) is 5.75 Å². The number of hydrogen-bond acceptors (Lipinski definition) is 4. The third-order valence-corrected chi connectivity index (χ3v) is 2.40. The zero-order valence-electron chi connectivity index (χ0n) is 12.2. The van der Waals surface area contributed by atoms with Crippen LogP contribution < -0.4 is 21.1 Å². The molecule has 6 nitrogen and oxygen atoms in total. The van der Waals surface area contributed by atoms with Crippen molar-refractivity contribution < 1.29 is 14.3 Å². The molecule has 1 rings (SSSR count). The number of nitrogens with two attached hydrogens (primary N) is 1. The molecule has 1 aromatic rings. The number of amides is 2. The Hall–Kier alpha value is -1.79. The number of carbonyl (C=O) groups excluding carboxylic acids is 2. The zero-order chi connectivity index (χ0) is 15.0. The molecule has 1 unspecified atom stereocenters. The molecule has 118 valence electrons. The van der Waals surface area contributed by atoms with Gasteiger partial charge in [-0.3, -0.25) is 9.59 Å². The highest BCUT2D eigenvalue weighted by molar-refractivity contribution is 5.94. The van der Waals surface area contributed by atoms with Gasteiger partial charge in [0.25, 0.3) is 0 Å². The summed E-state index contributed by atoms with van der Waals surface area (Å²) in [6.45, 7) is 4.16. The summed E-state index contributed by atoms with van der Waals surface area (Å²) in [6.07, 6.45) is 0.205. The summed E-state index contributed by atoms with van der Waals surface area (Å²) in [7, 11) is 0. The van der Waals surface area contributed by atoms with E-state index in [9.17, 15) is 9.59 Å². The largest absolute Gasteiger partial charge is 0.494 e. The van der Waals surface area contributed by atoms with E-state index in [1.807, 2.05) is 6.92 Å². The van der Waals surface area contributed by atoms with Crippen molar-refractivity contribution in [3.05, 3.63) is 24.3 Å². The van der Waals surface area contributed by atoms with Gasteiger partial charge in [-0.2, -0.15) is 0 Å². The van der Waals surface area contributed by atoms with Crippen LogP contribution >= 0.6 is 12.4 Å². The van der Waals surface area contributed by atoms with E-state index < -0.39 is 0 Å². The molecule has 7 heteroatoms. The van der Waals surface area contributed by atoms with Gasteiger partial charge >= 0.3 is 0 Å². The lowest BCUT2D eigenvalue weighted by atomic mass is 10.2. The Morgan fingerprint density at radius 1 is 1.24 bits per heavy atom. The first kappa shape index (κ1) is 19.2. The predicted octanol–water partition coefficient (Wildman–Crippen LogP) is 1.30.